The van der Waals surface area contributed by atoms with Gasteiger partial charge in [-0.2, -0.15) is 5.10 Å². The summed E-state index contributed by atoms with van der Waals surface area (Å²) in [5, 5.41) is 18.8. The van der Waals surface area contributed by atoms with Gasteiger partial charge >= 0.3 is 5.97 Å². The van der Waals surface area contributed by atoms with Crippen LogP contribution in [-0.4, -0.2) is 20.9 Å². The van der Waals surface area contributed by atoms with E-state index in [2.05, 4.69) is 10.4 Å². The standard InChI is InChI=1S/C26H20ClN3O4/c1-14(28-22-6-4-3-5-18(22)26(32)33)19-10-17(27)11-20-23(31)12-24(34-25(19)20)15-7-8-21-16(9-15)13-30(2)29-21/h3-14,28H,1-2H3,(H,32,33)/t14-/m0/s1. The molecule has 2 heterocycles. The molecule has 0 amide bonds. The fraction of sp³-hybridized carbons (Fsp3) is 0.115. The van der Waals surface area contributed by atoms with Gasteiger partial charge in [-0.1, -0.05) is 23.7 Å². The molecule has 0 saturated heterocycles. The van der Waals surface area contributed by atoms with Crippen molar-refractivity contribution in [1.29, 1.82) is 0 Å². The van der Waals surface area contributed by atoms with Crippen LogP contribution >= 0.6 is 11.6 Å². The maximum absolute atomic E-state index is 13.0. The minimum atomic E-state index is -1.04. The first-order valence-electron chi connectivity index (χ1n) is 10.6. The number of anilines is 1. The molecule has 7 nitrogen and oxygen atoms in total. The second kappa shape index (κ2) is 8.35. The van der Waals surface area contributed by atoms with Crippen LogP contribution in [0.2, 0.25) is 5.02 Å². The largest absolute Gasteiger partial charge is 0.478 e. The molecule has 8 heteroatoms. The predicted molar refractivity (Wildman–Crippen MR) is 133 cm³/mol. The topological polar surface area (TPSA) is 97.4 Å². The first kappa shape index (κ1) is 21.7. The Morgan fingerprint density at radius 2 is 1.94 bits per heavy atom. The van der Waals surface area contributed by atoms with E-state index in [0.29, 0.717) is 33.0 Å². The molecule has 0 unspecified atom stereocenters. The number of hydrogen-bond donors (Lipinski definition) is 2. The number of carboxylic acids is 1. The summed E-state index contributed by atoms with van der Waals surface area (Å²) in [4.78, 5) is 24.7. The van der Waals surface area contributed by atoms with Gasteiger partial charge in [0.1, 0.15) is 11.3 Å². The van der Waals surface area contributed by atoms with E-state index in [1.54, 1.807) is 35.0 Å². The van der Waals surface area contributed by atoms with Crippen LogP contribution in [0, 0.1) is 0 Å². The predicted octanol–water partition coefficient (Wildman–Crippen LogP) is 5.87. The van der Waals surface area contributed by atoms with Gasteiger partial charge in [0.15, 0.2) is 5.43 Å². The van der Waals surface area contributed by atoms with Gasteiger partial charge in [0.25, 0.3) is 0 Å². The molecule has 0 aliphatic heterocycles. The highest BCUT2D eigenvalue weighted by Gasteiger charge is 2.19. The molecule has 0 aliphatic carbocycles. The van der Waals surface area contributed by atoms with Crippen molar-refractivity contribution >= 4 is 45.1 Å². The molecule has 170 valence electrons. The number of nitrogens with zero attached hydrogens (tertiary/aromatic N) is 2. The molecule has 0 spiro atoms. The summed E-state index contributed by atoms with van der Waals surface area (Å²) < 4.78 is 7.99. The van der Waals surface area contributed by atoms with Gasteiger partial charge in [0.05, 0.1) is 22.5 Å². The molecular weight excluding hydrogens is 454 g/mol. The first-order valence-corrected chi connectivity index (χ1v) is 11.0. The summed E-state index contributed by atoms with van der Waals surface area (Å²) in [6.45, 7) is 1.86. The summed E-state index contributed by atoms with van der Waals surface area (Å²) in [6, 6.07) is 16.7. The number of rotatable bonds is 5. The van der Waals surface area contributed by atoms with E-state index in [0.717, 1.165) is 16.5 Å². The van der Waals surface area contributed by atoms with Crippen LogP contribution in [0.25, 0.3) is 33.2 Å². The Labute approximate surface area is 199 Å². The van der Waals surface area contributed by atoms with E-state index >= 15 is 0 Å². The number of benzene rings is 3. The van der Waals surface area contributed by atoms with Crippen LogP contribution in [0.1, 0.15) is 28.9 Å². The fourth-order valence-corrected chi connectivity index (χ4v) is 4.35. The smallest absolute Gasteiger partial charge is 0.337 e. The van der Waals surface area contributed by atoms with Crippen molar-refractivity contribution in [2.45, 2.75) is 13.0 Å². The quantitative estimate of drug-likeness (QED) is 0.331. The molecule has 0 bridgehead atoms. The number of carboxylic acid groups (broad SMARTS) is 1. The van der Waals surface area contributed by atoms with Gasteiger partial charge in [-0.3, -0.25) is 9.48 Å². The number of carbonyl (C=O) groups is 1. The molecule has 0 radical (unpaired) electrons. The molecule has 0 saturated carbocycles. The van der Waals surface area contributed by atoms with Crippen molar-refractivity contribution in [3.05, 3.63) is 93.2 Å². The van der Waals surface area contributed by atoms with Crippen molar-refractivity contribution in [3.8, 4) is 11.3 Å². The first-order chi connectivity index (χ1) is 16.3. The highest BCUT2D eigenvalue weighted by atomic mass is 35.5. The van der Waals surface area contributed by atoms with E-state index in [1.807, 2.05) is 38.4 Å². The van der Waals surface area contributed by atoms with Gasteiger partial charge in [-0.15, -0.1) is 0 Å². The number of aryl methyl sites for hydroxylation is 1. The van der Waals surface area contributed by atoms with Crippen LogP contribution in [-0.2, 0) is 7.05 Å². The van der Waals surface area contributed by atoms with Crippen LogP contribution in [0.15, 0.2) is 76.1 Å². The number of aromatic carboxylic acids is 1. The lowest BCUT2D eigenvalue weighted by molar-refractivity contribution is 0.0698. The molecule has 34 heavy (non-hydrogen) atoms. The normalized spacial score (nSPS) is 12.2. The van der Waals surface area contributed by atoms with Gasteiger partial charge in [0.2, 0.25) is 0 Å². The van der Waals surface area contributed by atoms with Crippen molar-refractivity contribution in [2.24, 2.45) is 7.05 Å². The molecule has 1 atom stereocenters. The number of nitrogens with one attached hydrogen (secondary N) is 1. The maximum atomic E-state index is 13.0. The molecule has 5 aromatic rings. The highest BCUT2D eigenvalue weighted by molar-refractivity contribution is 6.31. The minimum absolute atomic E-state index is 0.146. The van der Waals surface area contributed by atoms with Crippen LogP contribution < -0.4 is 10.7 Å². The van der Waals surface area contributed by atoms with E-state index in [9.17, 15) is 14.7 Å². The van der Waals surface area contributed by atoms with Crippen molar-refractivity contribution in [3.63, 3.8) is 0 Å². The summed E-state index contributed by atoms with van der Waals surface area (Å²) in [5.74, 6) is -0.615. The Kier molecular flexibility index (Phi) is 5.34. The second-order valence-corrected chi connectivity index (χ2v) is 8.58. The third-order valence-electron chi connectivity index (χ3n) is 5.72. The zero-order chi connectivity index (χ0) is 24.0. The average molecular weight is 474 g/mol. The monoisotopic (exact) mass is 473 g/mol. The molecule has 2 aromatic heterocycles. The highest BCUT2D eigenvalue weighted by Crippen LogP contribution is 2.33. The zero-order valence-electron chi connectivity index (χ0n) is 18.4. The number of para-hydroxylation sites is 1. The van der Waals surface area contributed by atoms with Gasteiger partial charge < -0.3 is 14.8 Å². The molecule has 2 N–H and O–H groups in total. The van der Waals surface area contributed by atoms with Crippen LogP contribution in [0.5, 0.6) is 0 Å². The third-order valence-corrected chi connectivity index (χ3v) is 5.94. The molecule has 0 fully saturated rings. The number of aromatic nitrogens is 2. The van der Waals surface area contributed by atoms with Gasteiger partial charge in [-0.05, 0) is 49.4 Å². The molecular formula is C26H20ClN3O4. The Morgan fingerprint density at radius 3 is 2.74 bits per heavy atom. The van der Waals surface area contributed by atoms with Crippen molar-refractivity contribution in [2.75, 3.05) is 5.32 Å². The summed E-state index contributed by atoms with van der Waals surface area (Å²) in [6.07, 6.45) is 1.90. The van der Waals surface area contributed by atoms with Gasteiger partial charge in [-0.25, -0.2) is 4.79 Å². The number of hydrogen-bond acceptors (Lipinski definition) is 5. The fourth-order valence-electron chi connectivity index (χ4n) is 4.12. The lowest BCUT2D eigenvalue weighted by Crippen LogP contribution is -2.12. The molecule has 0 aliphatic rings. The van der Waals surface area contributed by atoms with E-state index in [-0.39, 0.29) is 11.0 Å². The molecule has 5 rings (SSSR count). The van der Waals surface area contributed by atoms with E-state index in [1.165, 1.54) is 12.1 Å². The third kappa shape index (κ3) is 3.91. The van der Waals surface area contributed by atoms with Crippen molar-refractivity contribution < 1.29 is 14.3 Å². The number of fused-ring (bicyclic) bond motifs is 2. The van der Waals surface area contributed by atoms with E-state index in [4.69, 9.17) is 16.0 Å². The minimum Gasteiger partial charge on any atom is -0.478 e. The van der Waals surface area contributed by atoms with Crippen LogP contribution in [0.3, 0.4) is 0 Å². The summed E-state index contributed by atoms with van der Waals surface area (Å²) >= 11 is 6.34. The second-order valence-electron chi connectivity index (χ2n) is 8.14. The van der Waals surface area contributed by atoms with Crippen LogP contribution in [0.4, 0.5) is 5.69 Å². The lowest BCUT2D eigenvalue weighted by atomic mass is 10.0. The van der Waals surface area contributed by atoms with Crippen molar-refractivity contribution in [1.82, 2.24) is 9.78 Å². The van der Waals surface area contributed by atoms with Gasteiger partial charge in [0, 0.05) is 46.5 Å². The Morgan fingerprint density at radius 1 is 1.15 bits per heavy atom. The Balaban J connectivity index is 1.64. The number of halogens is 1. The molecule has 3 aromatic carbocycles. The Hall–Kier alpha value is -4.10. The lowest BCUT2D eigenvalue weighted by Gasteiger charge is -2.19. The zero-order valence-corrected chi connectivity index (χ0v) is 19.1. The SMILES string of the molecule is C[C@H](Nc1ccccc1C(=O)O)c1cc(Cl)cc2c(=O)cc(-c3ccc4nn(C)cc4c3)oc12. The average Bonchev–Trinajstić information content (AvgIpc) is 3.18. The Bertz CT molecular complexity index is 1640. The maximum Gasteiger partial charge on any atom is 0.337 e. The summed E-state index contributed by atoms with van der Waals surface area (Å²) in [7, 11) is 1.85. The summed E-state index contributed by atoms with van der Waals surface area (Å²) in [5.41, 5.74) is 3.01. The van der Waals surface area contributed by atoms with E-state index < -0.39 is 12.0 Å².